The monoisotopic (exact) mass is 444 g/mol. The Morgan fingerprint density at radius 2 is 0.879 bits per heavy atom. The summed E-state index contributed by atoms with van der Waals surface area (Å²) in [5.74, 6) is 0. The number of fused-ring (bicyclic) bond motifs is 3. The summed E-state index contributed by atoms with van der Waals surface area (Å²) in [5, 5.41) is 0. The van der Waals surface area contributed by atoms with Gasteiger partial charge in [0.1, 0.15) is 0 Å². The van der Waals surface area contributed by atoms with Crippen molar-refractivity contribution in [3.8, 4) is 44.5 Å². The van der Waals surface area contributed by atoms with Crippen LogP contribution in [0.25, 0.3) is 44.5 Å². The fourth-order valence-corrected chi connectivity index (χ4v) is 6.56. The summed E-state index contributed by atoms with van der Waals surface area (Å²) in [6, 6.07) is 39.8. The summed E-state index contributed by atoms with van der Waals surface area (Å²) in [6.45, 7) is 0. The molecule has 1 aliphatic rings. The molecule has 0 N–H and O–H groups in total. The van der Waals surface area contributed by atoms with Crippen LogP contribution in [-0.2, 0) is 9.84 Å². The Labute approximate surface area is 193 Å². The van der Waals surface area contributed by atoms with E-state index in [-0.39, 0.29) is 0 Å². The van der Waals surface area contributed by atoms with Crippen molar-refractivity contribution < 1.29 is 8.42 Å². The molecule has 0 unspecified atom stereocenters. The number of hydrogen-bond donors (Lipinski definition) is 0. The van der Waals surface area contributed by atoms with E-state index in [4.69, 9.17) is 0 Å². The first kappa shape index (κ1) is 19.7. The van der Waals surface area contributed by atoms with Gasteiger partial charge in [0.2, 0.25) is 9.84 Å². The molecule has 0 spiro atoms. The van der Waals surface area contributed by atoms with Gasteiger partial charge in [-0.15, -0.1) is 0 Å². The van der Waals surface area contributed by atoms with E-state index in [1.807, 2.05) is 60.7 Å². The topological polar surface area (TPSA) is 34.1 Å². The predicted molar refractivity (Wildman–Crippen MR) is 134 cm³/mol. The van der Waals surface area contributed by atoms with Crippen LogP contribution in [0.15, 0.2) is 131 Å². The summed E-state index contributed by atoms with van der Waals surface area (Å²) in [7, 11) is -3.56. The summed E-state index contributed by atoms with van der Waals surface area (Å²) in [4.78, 5) is 0.792. The molecule has 5 aromatic rings. The van der Waals surface area contributed by atoms with Gasteiger partial charge in [0.15, 0.2) is 0 Å². The lowest BCUT2D eigenvalue weighted by atomic mass is 9.95. The lowest BCUT2D eigenvalue weighted by molar-refractivity contribution is 0.599. The van der Waals surface area contributed by atoms with Crippen LogP contribution in [0.3, 0.4) is 0 Å². The van der Waals surface area contributed by atoms with Crippen molar-refractivity contribution in [2.45, 2.75) is 9.79 Å². The molecule has 6 rings (SSSR count). The van der Waals surface area contributed by atoms with E-state index in [0.717, 1.165) is 38.9 Å². The molecule has 0 aromatic heterocycles. The fourth-order valence-electron chi connectivity index (χ4n) is 4.67. The molecule has 1 aliphatic heterocycles. The molecule has 0 saturated heterocycles. The van der Waals surface area contributed by atoms with Gasteiger partial charge in [0.25, 0.3) is 0 Å². The molecule has 0 amide bonds. The molecule has 33 heavy (non-hydrogen) atoms. The Hall–Kier alpha value is -3.95. The number of rotatable bonds is 3. The zero-order valence-corrected chi connectivity index (χ0v) is 18.6. The molecule has 3 heteroatoms. The lowest BCUT2D eigenvalue weighted by Crippen LogP contribution is -1.99. The highest BCUT2D eigenvalue weighted by molar-refractivity contribution is 7.92. The van der Waals surface area contributed by atoms with E-state index in [0.29, 0.717) is 9.79 Å². The molecule has 1 heterocycles. The third kappa shape index (κ3) is 3.21. The van der Waals surface area contributed by atoms with E-state index in [2.05, 4.69) is 48.5 Å². The molecule has 0 saturated carbocycles. The second-order valence-corrected chi connectivity index (χ2v) is 10.1. The van der Waals surface area contributed by atoms with Crippen LogP contribution in [0.1, 0.15) is 0 Å². The van der Waals surface area contributed by atoms with Gasteiger partial charge in [0, 0.05) is 16.7 Å². The van der Waals surface area contributed by atoms with Gasteiger partial charge in [-0.05, 0) is 46.0 Å². The van der Waals surface area contributed by atoms with Crippen molar-refractivity contribution in [1.82, 2.24) is 0 Å². The molecule has 0 bridgehead atoms. The van der Waals surface area contributed by atoms with Gasteiger partial charge in [-0.3, -0.25) is 0 Å². The first-order valence-electron chi connectivity index (χ1n) is 10.9. The van der Waals surface area contributed by atoms with Crippen molar-refractivity contribution in [3.05, 3.63) is 121 Å². The number of sulfone groups is 1. The van der Waals surface area contributed by atoms with E-state index >= 15 is 0 Å². The minimum Gasteiger partial charge on any atom is -0.218 e. The Bertz CT molecular complexity index is 1620. The van der Waals surface area contributed by atoms with Crippen LogP contribution in [0.2, 0.25) is 0 Å². The average molecular weight is 445 g/mol. The second kappa shape index (κ2) is 7.58. The third-order valence-corrected chi connectivity index (χ3v) is 8.14. The molecule has 5 aromatic carbocycles. The van der Waals surface area contributed by atoms with Crippen LogP contribution in [0, 0.1) is 0 Å². The Morgan fingerprint density at radius 3 is 1.64 bits per heavy atom. The Morgan fingerprint density at radius 1 is 0.394 bits per heavy atom. The van der Waals surface area contributed by atoms with Crippen LogP contribution in [0.5, 0.6) is 0 Å². The number of benzene rings is 5. The quantitative estimate of drug-likeness (QED) is 0.283. The SMILES string of the molecule is O=S1(=O)c2ccccc2-c2cccc(-c3cccc(-c4cccc(-c5ccccc5)c4)c3)c21. The number of hydrogen-bond acceptors (Lipinski definition) is 2. The van der Waals surface area contributed by atoms with Gasteiger partial charge in [0.05, 0.1) is 9.79 Å². The van der Waals surface area contributed by atoms with E-state index in [9.17, 15) is 8.42 Å². The first-order valence-corrected chi connectivity index (χ1v) is 12.3. The Balaban J connectivity index is 1.48. The minimum absolute atomic E-state index is 0.388. The molecule has 2 nitrogen and oxygen atoms in total. The molecule has 0 radical (unpaired) electrons. The van der Waals surface area contributed by atoms with Crippen LogP contribution in [0.4, 0.5) is 0 Å². The Kier molecular flexibility index (Phi) is 4.53. The predicted octanol–water partition coefficient (Wildman–Crippen LogP) is 7.50. The average Bonchev–Trinajstić information content (AvgIpc) is 3.12. The van der Waals surface area contributed by atoms with E-state index in [1.54, 1.807) is 12.1 Å². The van der Waals surface area contributed by atoms with Crippen LogP contribution >= 0.6 is 0 Å². The van der Waals surface area contributed by atoms with Crippen molar-refractivity contribution in [2.75, 3.05) is 0 Å². The van der Waals surface area contributed by atoms with Crippen molar-refractivity contribution in [3.63, 3.8) is 0 Å². The summed E-state index contributed by atoms with van der Waals surface area (Å²) < 4.78 is 26.9. The maximum absolute atomic E-state index is 13.4. The normalized spacial score (nSPS) is 13.3. The molecular formula is C30H20O2S. The standard InChI is InChI=1S/C30H20O2S/c31-33(32)29-18-5-4-15-27(29)28-17-8-16-26(30(28)33)25-14-7-13-24(20-25)23-12-6-11-22(19-23)21-9-2-1-3-10-21/h1-20H. The van der Waals surface area contributed by atoms with Gasteiger partial charge >= 0.3 is 0 Å². The summed E-state index contributed by atoms with van der Waals surface area (Å²) in [5.41, 5.74) is 7.65. The van der Waals surface area contributed by atoms with Gasteiger partial charge in [-0.1, -0.05) is 103 Å². The first-order chi connectivity index (χ1) is 16.1. The van der Waals surface area contributed by atoms with E-state index in [1.165, 1.54) is 5.56 Å². The molecular weight excluding hydrogens is 424 g/mol. The van der Waals surface area contributed by atoms with Crippen molar-refractivity contribution >= 4 is 9.84 Å². The summed E-state index contributed by atoms with van der Waals surface area (Å²) in [6.07, 6.45) is 0. The van der Waals surface area contributed by atoms with Crippen molar-refractivity contribution in [2.24, 2.45) is 0 Å². The minimum atomic E-state index is -3.56. The van der Waals surface area contributed by atoms with Crippen LogP contribution < -0.4 is 0 Å². The zero-order chi connectivity index (χ0) is 22.4. The smallest absolute Gasteiger partial charge is 0.208 e. The maximum atomic E-state index is 13.4. The summed E-state index contributed by atoms with van der Waals surface area (Å²) >= 11 is 0. The molecule has 158 valence electrons. The molecule has 0 fully saturated rings. The zero-order valence-electron chi connectivity index (χ0n) is 17.8. The van der Waals surface area contributed by atoms with Gasteiger partial charge in [-0.25, -0.2) is 8.42 Å². The maximum Gasteiger partial charge on any atom is 0.208 e. The molecule has 0 atom stereocenters. The lowest BCUT2D eigenvalue weighted by Gasteiger charge is -2.11. The highest BCUT2D eigenvalue weighted by Gasteiger charge is 2.35. The van der Waals surface area contributed by atoms with E-state index < -0.39 is 9.84 Å². The van der Waals surface area contributed by atoms with Gasteiger partial charge in [-0.2, -0.15) is 0 Å². The highest BCUT2D eigenvalue weighted by atomic mass is 32.2. The second-order valence-electron chi connectivity index (χ2n) is 8.21. The third-order valence-electron chi connectivity index (χ3n) is 6.23. The molecule has 0 aliphatic carbocycles. The fraction of sp³-hybridized carbons (Fsp3) is 0. The van der Waals surface area contributed by atoms with Crippen molar-refractivity contribution in [1.29, 1.82) is 0 Å². The van der Waals surface area contributed by atoms with Crippen LogP contribution in [-0.4, -0.2) is 8.42 Å². The largest absolute Gasteiger partial charge is 0.218 e. The highest BCUT2D eigenvalue weighted by Crippen LogP contribution is 2.47. The van der Waals surface area contributed by atoms with Gasteiger partial charge < -0.3 is 0 Å².